The average Bonchev–Trinajstić information content (AvgIpc) is 2.64. The Labute approximate surface area is 163 Å². The number of sulfone groups is 1. The number of carbonyl (C=O) groups excluding carboxylic acids is 1. The van der Waals surface area contributed by atoms with Gasteiger partial charge < -0.3 is 20.1 Å². The van der Waals surface area contributed by atoms with Crippen LogP contribution in [0.5, 0.6) is 11.5 Å². The van der Waals surface area contributed by atoms with E-state index in [1.165, 1.54) is 19.2 Å². The van der Waals surface area contributed by atoms with Crippen molar-refractivity contribution >= 4 is 33.0 Å². The van der Waals surface area contributed by atoms with Crippen LogP contribution in [-0.2, 0) is 21.2 Å². The second-order valence-corrected chi connectivity index (χ2v) is 8.04. The Hall–Kier alpha value is -2.45. The molecule has 0 fully saturated rings. The van der Waals surface area contributed by atoms with Gasteiger partial charge in [-0.2, -0.15) is 0 Å². The Kier molecular flexibility index (Phi) is 6.92. The molecular formula is C18H21ClN2O5S. The van der Waals surface area contributed by atoms with Crippen molar-refractivity contribution in [2.75, 3.05) is 32.3 Å². The fourth-order valence-electron chi connectivity index (χ4n) is 2.38. The quantitative estimate of drug-likeness (QED) is 0.691. The number of halogens is 1. The predicted octanol–water partition coefficient (Wildman–Crippen LogP) is 2.49. The molecule has 0 aliphatic heterocycles. The maximum atomic E-state index is 12.1. The summed E-state index contributed by atoms with van der Waals surface area (Å²) in [6.07, 6.45) is 1.04. The van der Waals surface area contributed by atoms with E-state index in [1.54, 1.807) is 19.2 Å². The van der Waals surface area contributed by atoms with Gasteiger partial charge in [-0.15, -0.1) is 0 Å². The summed E-state index contributed by atoms with van der Waals surface area (Å²) >= 11 is 6.12. The molecule has 0 bridgehead atoms. The lowest BCUT2D eigenvalue weighted by Gasteiger charge is -2.14. The first-order valence-electron chi connectivity index (χ1n) is 7.96. The molecule has 9 heteroatoms. The van der Waals surface area contributed by atoms with Gasteiger partial charge in [0.25, 0.3) is 0 Å². The normalized spacial score (nSPS) is 11.0. The van der Waals surface area contributed by atoms with Crippen LogP contribution in [0, 0.1) is 0 Å². The zero-order valence-corrected chi connectivity index (χ0v) is 16.8. The van der Waals surface area contributed by atoms with Crippen molar-refractivity contribution in [1.29, 1.82) is 0 Å². The molecule has 27 heavy (non-hydrogen) atoms. The smallest absolute Gasteiger partial charge is 0.239 e. The third kappa shape index (κ3) is 5.51. The predicted molar refractivity (Wildman–Crippen MR) is 104 cm³/mol. The van der Waals surface area contributed by atoms with E-state index < -0.39 is 9.84 Å². The first-order valence-corrected chi connectivity index (χ1v) is 10.2. The van der Waals surface area contributed by atoms with Crippen molar-refractivity contribution in [3.63, 3.8) is 0 Å². The van der Waals surface area contributed by atoms with Crippen molar-refractivity contribution in [2.45, 2.75) is 11.4 Å². The molecule has 0 saturated heterocycles. The largest absolute Gasteiger partial charge is 0.497 e. The van der Waals surface area contributed by atoms with Gasteiger partial charge in [-0.25, -0.2) is 8.42 Å². The topological polar surface area (TPSA) is 93.7 Å². The van der Waals surface area contributed by atoms with E-state index in [0.717, 1.165) is 17.6 Å². The molecule has 0 aliphatic rings. The minimum atomic E-state index is -3.62. The monoisotopic (exact) mass is 412 g/mol. The van der Waals surface area contributed by atoms with Gasteiger partial charge in [0, 0.05) is 12.8 Å². The Balaban J connectivity index is 2.03. The van der Waals surface area contributed by atoms with Crippen LogP contribution in [-0.4, -0.2) is 41.3 Å². The third-order valence-corrected chi connectivity index (χ3v) is 5.39. The molecule has 0 unspecified atom stereocenters. The molecule has 2 rings (SSSR count). The number of hydrogen-bond donors (Lipinski definition) is 2. The maximum absolute atomic E-state index is 12.1. The van der Waals surface area contributed by atoms with E-state index in [9.17, 15) is 13.2 Å². The molecule has 0 atom stereocenters. The van der Waals surface area contributed by atoms with Gasteiger partial charge in [0.15, 0.2) is 9.84 Å². The summed E-state index contributed by atoms with van der Waals surface area (Å²) in [6, 6.07) is 10.3. The van der Waals surface area contributed by atoms with Crippen LogP contribution in [0.25, 0.3) is 0 Å². The maximum Gasteiger partial charge on any atom is 0.239 e. The van der Waals surface area contributed by atoms with Crippen LogP contribution in [0.4, 0.5) is 5.69 Å². The van der Waals surface area contributed by atoms with Gasteiger partial charge in [-0.05, 0) is 29.8 Å². The minimum Gasteiger partial charge on any atom is -0.497 e. The van der Waals surface area contributed by atoms with E-state index in [2.05, 4.69) is 10.6 Å². The van der Waals surface area contributed by atoms with Crippen molar-refractivity contribution in [2.24, 2.45) is 0 Å². The lowest BCUT2D eigenvalue weighted by molar-refractivity contribution is -0.119. The molecule has 2 aromatic rings. The molecule has 2 aromatic carbocycles. The minimum absolute atomic E-state index is 0.0244. The van der Waals surface area contributed by atoms with E-state index in [1.807, 2.05) is 12.1 Å². The van der Waals surface area contributed by atoms with Gasteiger partial charge in [0.2, 0.25) is 5.91 Å². The number of anilines is 1. The van der Waals surface area contributed by atoms with Crippen LogP contribution >= 0.6 is 11.6 Å². The second kappa shape index (κ2) is 8.96. The highest BCUT2D eigenvalue weighted by Crippen LogP contribution is 2.36. The second-order valence-electron chi connectivity index (χ2n) is 5.71. The van der Waals surface area contributed by atoms with E-state index in [-0.39, 0.29) is 33.8 Å². The third-order valence-electron chi connectivity index (χ3n) is 3.74. The number of hydrogen-bond acceptors (Lipinski definition) is 6. The Morgan fingerprint density at radius 1 is 1.07 bits per heavy atom. The number of nitrogens with one attached hydrogen (secondary N) is 2. The molecule has 2 N–H and O–H groups in total. The zero-order chi connectivity index (χ0) is 20.0. The molecule has 146 valence electrons. The van der Waals surface area contributed by atoms with Crippen LogP contribution in [0.2, 0.25) is 5.02 Å². The van der Waals surface area contributed by atoms with Gasteiger partial charge in [-0.3, -0.25) is 4.79 Å². The van der Waals surface area contributed by atoms with Gasteiger partial charge >= 0.3 is 0 Å². The van der Waals surface area contributed by atoms with Crippen LogP contribution in [0.1, 0.15) is 5.56 Å². The van der Waals surface area contributed by atoms with E-state index in [4.69, 9.17) is 21.1 Å². The van der Waals surface area contributed by atoms with Crippen LogP contribution < -0.4 is 20.1 Å². The van der Waals surface area contributed by atoms with Gasteiger partial charge in [0.1, 0.15) is 21.4 Å². The highest BCUT2D eigenvalue weighted by Gasteiger charge is 2.21. The summed E-state index contributed by atoms with van der Waals surface area (Å²) in [5.41, 5.74) is 1.15. The molecule has 7 nitrogen and oxygen atoms in total. The summed E-state index contributed by atoms with van der Waals surface area (Å²) in [4.78, 5) is 12.0. The van der Waals surface area contributed by atoms with Crippen molar-refractivity contribution in [1.82, 2.24) is 5.32 Å². The summed E-state index contributed by atoms with van der Waals surface area (Å²) in [6.45, 7) is 0.230. The molecular weight excluding hydrogens is 392 g/mol. The van der Waals surface area contributed by atoms with Crippen LogP contribution in [0.15, 0.2) is 41.3 Å². The Morgan fingerprint density at radius 2 is 1.74 bits per heavy atom. The van der Waals surface area contributed by atoms with E-state index in [0.29, 0.717) is 6.54 Å². The molecule has 0 aliphatic carbocycles. The number of rotatable bonds is 8. The van der Waals surface area contributed by atoms with Gasteiger partial charge in [0.05, 0.1) is 26.5 Å². The lowest BCUT2D eigenvalue weighted by atomic mass is 10.2. The summed E-state index contributed by atoms with van der Waals surface area (Å²) in [5.74, 6) is 0.681. The summed E-state index contributed by atoms with van der Waals surface area (Å²) in [7, 11) is -0.647. The fraction of sp³-hybridized carbons (Fsp3) is 0.278. The summed E-state index contributed by atoms with van der Waals surface area (Å²) < 4.78 is 34.3. The number of ether oxygens (including phenoxy) is 2. The van der Waals surface area contributed by atoms with Gasteiger partial charge in [-0.1, -0.05) is 23.7 Å². The summed E-state index contributed by atoms with van der Waals surface area (Å²) in [5, 5.41) is 5.54. The molecule has 1 amide bonds. The standard InChI is InChI=1S/C18H21ClN2O5S/c1-25-13-6-4-12(5-7-13)10-21-16(22)11-20-14-8-9-15(26-2)17(19)18(14)27(3,23)24/h4-9,20H,10-11H2,1-3H3,(H,21,22). The Bertz CT molecular complexity index is 914. The first-order chi connectivity index (χ1) is 12.8. The fourth-order valence-corrected chi connectivity index (χ4v) is 4.01. The number of methoxy groups -OCH3 is 2. The highest BCUT2D eigenvalue weighted by atomic mass is 35.5. The Morgan fingerprint density at radius 3 is 2.30 bits per heavy atom. The number of carbonyl (C=O) groups is 1. The molecule has 0 spiro atoms. The highest BCUT2D eigenvalue weighted by molar-refractivity contribution is 7.91. The van der Waals surface area contributed by atoms with Crippen molar-refractivity contribution < 1.29 is 22.7 Å². The number of amides is 1. The zero-order valence-electron chi connectivity index (χ0n) is 15.2. The molecule has 0 heterocycles. The van der Waals surface area contributed by atoms with Crippen LogP contribution in [0.3, 0.4) is 0 Å². The molecule has 0 saturated carbocycles. The van der Waals surface area contributed by atoms with Crippen molar-refractivity contribution in [3.05, 3.63) is 47.0 Å². The number of benzene rings is 2. The SMILES string of the molecule is COc1ccc(CNC(=O)CNc2ccc(OC)c(Cl)c2S(C)(=O)=O)cc1. The molecule has 0 aromatic heterocycles. The first kappa shape index (κ1) is 20.9. The average molecular weight is 413 g/mol. The van der Waals surface area contributed by atoms with E-state index >= 15 is 0 Å². The lowest BCUT2D eigenvalue weighted by Crippen LogP contribution is -2.29. The van der Waals surface area contributed by atoms with Crippen molar-refractivity contribution in [3.8, 4) is 11.5 Å². The molecule has 0 radical (unpaired) electrons.